The molecule has 0 aromatic heterocycles. The van der Waals surface area contributed by atoms with Crippen molar-refractivity contribution in [3.63, 3.8) is 0 Å². The summed E-state index contributed by atoms with van der Waals surface area (Å²) in [6, 6.07) is 4.60. The summed E-state index contributed by atoms with van der Waals surface area (Å²) < 4.78 is 48.0. The molecule has 0 amide bonds. The van der Waals surface area contributed by atoms with Crippen LogP contribution in [0.2, 0.25) is 0 Å². The first-order valence-electron chi connectivity index (χ1n) is 4.09. The Morgan fingerprint density at radius 2 is 1.73 bits per heavy atom. The summed E-state index contributed by atoms with van der Waals surface area (Å²) in [5, 5.41) is 0. The van der Waals surface area contributed by atoms with Gasteiger partial charge in [-0.15, -0.1) is 0 Å². The lowest BCUT2D eigenvalue weighted by molar-refractivity contribution is -0.0328. The average Bonchev–Trinajstić information content (AvgIpc) is 2.15. The van der Waals surface area contributed by atoms with Gasteiger partial charge in [-0.2, -0.15) is 13.2 Å². The Kier molecular flexibility index (Phi) is 3.98. The summed E-state index contributed by atoms with van der Waals surface area (Å²) >= 11 is -0.206. The zero-order valence-electron chi connectivity index (χ0n) is 7.59. The fraction of sp³-hybridized carbons (Fsp3) is 0.333. The molecule has 0 aliphatic carbocycles. The number of halogens is 4. The van der Waals surface area contributed by atoms with Gasteiger partial charge in [0.05, 0.1) is 6.04 Å². The summed E-state index contributed by atoms with van der Waals surface area (Å²) in [5.74, 6) is 0. The van der Waals surface area contributed by atoms with Gasteiger partial charge in [0.1, 0.15) is 6.67 Å². The number of hydrogen-bond donors (Lipinski definition) is 1. The molecule has 0 unspecified atom stereocenters. The van der Waals surface area contributed by atoms with Crippen LogP contribution in [0.3, 0.4) is 0 Å². The highest BCUT2D eigenvalue weighted by atomic mass is 32.2. The van der Waals surface area contributed by atoms with Gasteiger partial charge < -0.3 is 5.73 Å². The third-order valence-corrected chi connectivity index (χ3v) is 2.45. The van der Waals surface area contributed by atoms with Gasteiger partial charge in [-0.05, 0) is 29.5 Å². The highest BCUT2D eigenvalue weighted by molar-refractivity contribution is 8.00. The molecule has 0 bridgehead atoms. The molecule has 1 aromatic rings. The first-order chi connectivity index (χ1) is 6.92. The molecular weight excluding hydrogens is 230 g/mol. The topological polar surface area (TPSA) is 26.0 Å². The van der Waals surface area contributed by atoms with Crippen LogP contribution in [0.15, 0.2) is 29.2 Å². The summed E-state index contributed by atoms with van der Waals surface area (Å²) in [6.45, 7) is -0.730. The summed E-state index contributed by atoms with van der Waals surface area (Å²) in [5.41, 5.74) is 1.56. The molecule has 1 nitrogen and oxygen atoms in total. The van der Waals surface area contributed by atoms with Crippen molar-refractivity contribution in [1.29, 1.82) is 0 Å². The lowest BCUT2D eigenvalue weighted by Gasteiger charge is -2.09. The molecule has 1 rings (SSSR count). The van der Waals surface area contributed by atoms with Gasteiger partial charge in [0.15, 0.2) is 0 Å². The van der Waals surface area contributed by atoms with Crippen molar-refractivity contribution in [2.75, 3.05) is 6.67 Å². The fourth-order valence-corrected chi connectivity index (χ4v) is 1.55. The zero-order valence-corrected chi connectivity index (χ0v) is 8.41. The maximum Gasteiger partial charge on any atom is 0.446 e. The molecule has 0 radical (unpaired) electrons. The predicted octanol–water partition coefficient (Wildman–Crippen LogP) is 3.27. The average molecular weight is 239 g/mol. The van der Waals surface area contributed by atoms with Crippen molar-refractivity contribution in [3.8, 4) is 0 Å². The number of hydrogen-bond acceptors (Lipinski definition) is 2. The van der Waals surface area contributed by atoms with Crippen LogP contribution in [0.5, 0.6) is 0 Å². The Labute approximate surface area is 88.7 Å². The number of nitrogens with two attached hydrogens (primary N) is 1. The van der Waals surface area contributed by atoms with Crippen LogP contribution in [0.25, 0.3) is 0 Å². The largest absolute Gasteiger partial charge is 0.446 e. The van der Waals surface area contributed by atoms with E-state index >= 15 is 0 Å². The summed E-state index contributed by atoms with van der Waals surface area (Å²) in [4.78, 5) is 0.0670. The first-order valence-corrected chi connectivity index (χ1v) is 4.91. The van der Waals surface area contributed by atoms with E-state index in [2.05, 4.69) is 0 Å². The Balaban J connectivity index is 2.72. The highest BCUT2D eigenvalue weighted by Gasteiger charge is 2.29. The molecule has 0 saturated heterocycles. The molecule has 6 heteroatoms. The smallest absolute Gasteiger partial charge is 0.322 e. The van der Waals surface area contributed by atoms with Crippen LogP contribution in [-0.4, -0.2) is 12.2 Å². The predicted molar refractivity (Wildman–Crippen MR) is 51.3 cm³/mol. The molecule has 1 atom stereocenters. The van der Waals surface area contributed by atoms with E-state index in [1.54, 1.807) is 0 Å². The van der Waals surface area contributed by atoms with Crippen molar-refractivity contribution in [2.24, 2.45) is 5.73 Å². The molecule has 0 saturated carbocycles. The van der Waals surface area contributed by atoms with Gasteiger partial charge in [-0.25, -0.2) is 4.39 Å². The van der Waals surface area contributed by atoms with E-state index in [1.165, 1.54) is 24.3 Å². The number of benzene rings is 1. The van der Waals surface area contributed by atoms with E-state index in [4.69, 9.17) is 5.73 Å². The second-order valence-electron chi connectivity index (χ2n) is 2.88. The molecular formula is C9H9F4NS. The molecule has 0 spiro atoms. The van der Waals surface area contributed by atoms with Crippen LogP contribution in [0, 0.1) is 0 Å². The zero-order chi connectivity index (χ0) is 11.5. The molecule has 0 fully saturated rings. The molecule has 84 valence electrons. The number of thioether (sulfide) groups is 1. The van der Waals surface area contributed by atoms with Gasteiger partial charge in [0.2, 0.25) is 0 Å². The number of alkyl halides is 4. The Morgan fingerprint density at radius 1 is 1.20 bits per heavy atom. The van der Waals surface area contributed by atoms with E-state index in [-0.39, 0.29) is 16.7 Å². The normalized spacial score (nSPS) is 13.9. The van der Waals surface area contributed by atoms with E-state index in [1.807, 2.05) is 0 Å². The van der Waals surface area contributed by atoms with Gasteiger partial charge in [-0.1, -0.05) is 12.1 Å². The van der Waals surface area contributed by atoms with Crippen LogP contribution in [-0.2, 0) is 0 Å². The minimum atomic E-state index is -4.30. The molecule has 0 heterocycles. The van der Waals surface area contributed by atoms with Crippen molar-refractivity contribution in [2.45, 2.75) is 16.4 Å². The van der Waals surface area contributed by atoms with Gasteiger partial charge in [0, 0.05) is 4.90 Å². The van der Waals surface area contributed by atoms with Gasteiger partial charge >= 0.3 is 5.51 Å². The second-order valence-corrected chi connectivity index (χ2v) is 4.02. The van der Waals surface area contributed by atoms with Crippen molar-refractivity contribution in [1.82, 2.24) is 0 Å². The first kappa shape index (κ1) is 12.3. The number of rotatable bonds is 3. The van der Waals surface area contributed by atoms with E-state index in [0.29, 0.717) is 5.56 Å². The van der Waals surface area contributed by atoms with Crippen molar-refractivity contribution in [3.05, 3.63) is 29.8 Å². The van der Waals surface area contributed by atoms with Crippen molar-refractivity contribution < 1.29 is 17.6 Å². The van der Waals surface area contributed by atoms with E-state index in [0.717, 1.165) is 0 Å². The minimum absolute atomic E-state index is 0.0670. The van der Waals surface area contributed by atoms with Crippen LogP contribution in [0.1, 0.15) is 11.6 Å². The molecule has 0 aliphatic heterocycles. The minimum Gasteiger partial charge on any atom is -0.322 e. The maximum atomic E-state index is 12.1. The third kappa shape index (κ3) is 4.09. The van der Waals surface area contributed by atoms with E-state index < -0.39 is 18.2 Å². The SMILES string of the molecule is N[C@@H](CF)c1ccc(SC(F)(F)F)cc1. The lowest BCUT2D eigenvalue weighted by atomic mass is 10.1. The molecule has 1 aromatic carbocycles. The summed E-state index contributed by atoms with van der Waals surface area (Å²) in [7, 11) is 0. The fourth-order valence-electron chi connectivity index (χ4n) is 1.01. The quantitative estimate of drug-likeness (QED) is 0.647. The monoisotopic (exact) mass is 239 g/mol. The Bertz CT molecular complexity index is 309. The van der Waals surface area contributed by atoms with E-state index in [9.17, 15) is 17.6 Å². The molecule has 15 heavy (non-hydrogen) atoms. The Morgan fingerprint density at radius 3 is 2.13 bits per heavy atom. The van der Waals surface area contributed by atoms with Crippen LogP contribution in [0.4, 0.5) is 17.6 Å². The summed E-state index contributed by atoms with van der Waals surface area (Å²) in [6.07, 6.45) is 0. The maximum absolute atomic E-state index is 12.1. The highest BCUT2D eigenvalue weighted by Crippen LogP contribution is 2.36. The van der Waals surface area contributed by atoms with Gasteiger partial charge in [0.25, 0.3) is 0 Å². The second kappa shape index (κ2) is 4.85. The Hall–Kier alpha value is -0.750. The third-order valence-electron chi connectivity index (χ3n) is 1.71. The van der Waals surface area contributed by atoms with Crippen LogP contribution >= 0.6 is 11.8 Å². The lowest BCUT2D eigenvalue weighted by Crippen LogP contribution is -2.11. The van der Waals surface area contributed by atoms with Crippen LogP contribution < -0.4 is 5.73 Å². The molecule has 2 N–H and O–H groups in total. The standard InChI is InChI=1S/C9H9F4NS/c10-5-8(14)6-1-3-7(4-2-6)15-9(11,12)13/h1-4,8H,5,14H2/t8-/m0/s1. The molecule has 0 aliphatic rings. The van der Waals surface area contributed by atoms with Crippen molar-refractivity contribution >= 4 is 11.8 Å². The van der Waals surface area contributed by atoms with Gasteiger partial charge in [-0.3, -0.25) is 0 Å².